The Labute approximate surface area is 166 Å². The smallest absolute Gasteiger partial charge is 0.336 e. The Hall–Kier alpha value is -2.66. The van der Waals surface area contributed by atoms with E-state index in [9.17, 15) is 35.1 Å². The summed E-state index contributed by atoms with van der Waals surface area (Å²) < 4.78 is 15.6. The molecule has 0 saturated heterocycles. The molecule has 0 heterocycles. The van der Waals surface area contributed by atoms with E-state index in [1.807, 2.05) is 0 Å². The topological polar surface area (TPSA) is 163 Å². The van der Waals surface area contributed by atoms with E-state index in [1.165, 1.54) is 39.5 Å². The van der Waals surface area contributed by atoms with Crippen LogP contribution in [0.25, 0.3) is 6.08 Å². The fourth-order valence-corrected chi connectivity index (χ4v) is 3.38. The molecule has 29 heavy (non-hydrogen) atoms. The maximum Gasteiger partial charge on any atom is 0.336 e. The van der Waals surface area contributed by atoms with Gasteiger partial charge in [-0.2, -0.15) is 0 Å². The number of allylic oxidation sites excluding steroid dienone is 1. The van der Waals surface area contributed by atoms with Gasteiger partial charge in [0.25, 0.3) is 0 Å². The first-order chi connectivity index (χ1) is 13.6. The third kappa shape index (κ3) is 4.20. The molecule has 0 amide bonds. The molecule has 2 rings (SSSR count). The van der Waals surface area contributed by atoms with Crippen molar-refractivity contribution in [1.29, 1.82) is 0 Å². The zero-order chi connectivity index (χ0) is 21.9. The maximum absolute atomic E-state index is 12.6. The zero-order valence-corrected chi connectivity index (χ0v) is 16.1. The van der Waals surface area contributed by atoms with Gasteiger partial charge >= 0.3 is 5.97 Å². The van der Waals surface area contributed by atoms with Gasteiger partial charge in [0.1, 0.15) is 6.10 Å². The van der Waals surface area contributed by atoms with Gasteiger partial charge in [0.2, 0.25) is 5.75 Å². The number of aliphatic carboxylic acids is 1. The van der Waals surface area contributed by atoms with Crippen LogP contribution in [0.4, 0.5) is 0 Å². The van der Waals surface area contributed by atoms with Crippen LogP contribution in [0, 0.1) is 5.92 Å². The van der Waals surface area contributed by atoms with Crippen LogP contribution >= 0.6 is 0 Å². The summed E-state index contributed by atoms with van der Waals surface area (Å²) in [5.74, 6) is -3.64. The second-order valence-electron chi connectivity index (χ2n) is 6.65. The lowest BCUT2D eigenvalue weighted by Gasteiger charge is -2.43. The summed E-state index contributed by atoms with van der Waals surface area (Å²) in [7, 11) is 4.25. The van der Waals surface area contributed by atoms with E-state index >= 15 is 0 Å². The third-order valence-corrected chi connectivity index (χ3v) is 4.92. The van der Waals surface area contributed by atoms with E-state index in [2.05, 4.69) is 0 Å². The van der Waals surface area contributed by atoms with Gasteiger partial charge in [-0.25, -0.2) is 4.79 Å². The highest BCUT2D eigenvalue weighted by Crippen LogP contribution is 2.39. The van der Waals surface area contributed by atoms with Crippen LogP contribution in [0.1, 0.15) is 12.0 Å². The SMILES string of the molecule is COc1cc(/C=C/C(=O)C2[C@@H](O)C(O)[C@H](O)CC2(O)C(=O)O)cc(OC)c1OC. The van der Waals surface area contributed by atoms with Crippen LogP contribution in [-0.4, -0.2) is 82.5 Å². The van der Waals surface area contributed by atoms with Crippen LogP contribution < -0.4 is 14.2 Å². The minimum absolute atomic E-state index is 0.317. The van der Waals surface area contributed by atoms with Crippen molar-refractivity contribution in [3.63, 3.8) is 0 Å². The minimum atomic E-state index is -2.74. The fraction of sp³-hybridized carbons (Fsp3) is 0.474. The van der Waals surface area contributed by atoms with Gasteiger partial charge in [0.15, 0.2) is 22.9 Å². The highest BCUT2D eigenvalue weighted by atomic mass is 16.5. The Bertz CT molecular complexity index is 779. The van der Waals surface area contributed by atoms with Crippen molar-refractivity contribution in [3.05, 3.63) is 23.8 Å². The van der Waals surface area contributed by atoms with E-state index in [0.717, 1.165) is 6.08 Å². The van der Waals surface area contributed by atoms with E-state index in [1.54, 1.807) is 0 Å². The number of hydrogen-bond acceptors (Lipinski definition) is 9. The van der Waals surface area contributed by atoms with Crippen molar-refractivity contribution in [2.75, 3.05) is 21.3 Å². The Morgan fingerprint density at radius 2 is 1.59 bits per heavy atom. The molecule has 10 nitrogen and oxygen atoms in total. The quantitative estimate of drug-likeness (QED) is 0.359. The van der Waals surface area contributed by atoms with Crippen molar-refractivity contribution >= 4 is 17.8 Å². The molecule has 1 fully saturated rings. The Morgan fingerprint density at radius 1 is 1.03 bits per heavy atom. The molecule has 1 aromatic carbocycles. The highest BCUT2D eigenvalue weighted by molar-refractivity contribution is 6.00. The van der Waals surface area contributed by atoms with Gasteiger partial charge in [-0.15, -0.1) is 0 Å². The molecule has 5 N–H and O–H groups in total. The lowest BCUT2D eigenvalue weighted by atomic mass is 9.69. The number of benzene rings is 1. The Balaban J connectivity index is 2.39. The number of methoxy groups -OCH3 is 3. The van der Waals surface area contributed by atoms with Gasteiger partial charge < -0.3 is 39.7 Å². The molecule has 1 aromatic rings. The van der Waals surface area contributed by atoms with E-state index in [-0.39, 0.29) is 0 Å². The second-order valence-corrected chi connectivity index (χ2v) is 6.65. The fourth-order valence-electron chi connectivity index (χ4n) is 3.38. The summed E-state index contributed by atoms with van der Waals surface area (Å²) in [4.78, 5) is 24.2. The first-order valence-corrected chi connectivity index (χ1v) is 8.62. The van der Waals surface area contributed by atoms with Crippen molar-refractivity contribution in [1.82, 2.24) is 0 Å². The number of hydrogen-bond donors (Lipinski definition) is 5. The number of carboxylic acid groups (broad SMARTS) is 1. The van der Waals surface area contributed by atoms with E-state index in [0.29, 0.717) is 22.8 Å². The lowest BCUT2D eigenvalue weighted by Crippen LogP contribution is -2.64. The molecule has 3 unspecified atom stereocenters. The predicted octanol–water partition coefficient (Wildman–Crippen LogP) is -0.787. The molecule has 0 radical (unpaired) electrons. The Kier molecular flexibility index (Phi) is 6.85. The van der Waals surface area contributed by atoms with Gasteiger partial charge in [-0.3, -0.25) is 4.79 Å². The first kappa shape index (κ1) is 22.6. The molecule has 1 aliphatic rings. The average Bonchev–Trinajstić information content (AvgIpc) is 2.69. The van der Waals surface area contributed by atoms with Gasteiger partial charge in [0, 0.05) is 6.42 Å². The van der Waals surface area contributed by atoms with Crippen LogP contribution in [0.15, 0.2) is 18.2 Å². The number of carboxylic acids is 1. The largest absolute Gasteiger partial charge is 0.493 e. The number of rotatable bonds is 7. The monoisotopic (exact) mass is 412 g/mol. The van der Waals surface area contributed by atoms with E-state index < -0.39 is 48.0 Å². The average molecular weight is 412 g/mol. The number of ether oxygens (including phenoxy) is 3. The van der Waals surface area contributed by atoms with Gasteiger partial charge in [0.05, 0.1) is 39.5 Å². The standard InChI is InChI=1S/C19H24O10/c1-27-12-6-9(7-13(28-2)17(12)29-3)4-5-10(20)14-16(23)15(22)11(21)8-19(14,26)18(24)25/h4-7,11,14-16,21-23,26H,8H2,1-3H3,(H,24,25)/b5-4+/t11-,14?,15?,16-,19?/m1/s1. The number of carbonyl (C=O) groups is 2. The van der Waals surface area contributed by atoms with Crippen molar-refractivity contribution in [2.24, 2.45) is 5.92 Å². The molecule has 160 valence electrons. The molecular formula is C19H24O10. The zero-order valence-electron chi connectivity index (χ0n) is 16.1. The summed E-state index contributed by atoms with van der Waals surface area (Å²) >= 11 is 0. The number of carbonyl (C=O) groups excluding carboxylic acids is 1. The van der Waals surface area contributed by atoms with Crippen molar-refractivity contribution in [3.8, 4) is 17.2 Å². The Morgan fingerprint density at radius 3 is 2.03 bits per heavy atom. The van der Waals surface area contributed by atoms with Crippen LogP contribution in [0.3, 0.4) is 0 Å². The van der Waals surface area contributed by atoms with Crippen molar-refractivity contribution in [2.45, 2.75) is 30.3 Å². The lowest BCUT2D eigenvalue weighted by molar-refractivity contribution is -0.207. The summed E-state index contributed by atoms with van der Waals surface area (Å²) in [6.45, 7) is 0. The summed E-state index contributed by atoms with van der Waals surface area (Å²) in [6, 6.07) is 3.06. The number of aliphatic hydroxyl groups is 4. The molecule has 1 aliphatic carbocycles. The van der Waals surface area contributed by atoms with Crippen LogP contribution in [-0.2, 0) is 9.59 Å². The van der Waals surface area contributed by atoms with E-state index in [4.69, 9.17) is 14.2 Å². The van der Waals surface area contributed by atoms with Gasteiger partial charge in [-0.05, 0) is 23.8 Å². The minimum Gasteiger partial charge on any atom is -0.493 e. The molecule has 10 heteroatoms. The molecule has 0 aromatic heterocycles. The summed E-state index contributed by atoms with van der Waals surface area (Å²) in [6.07, 6.45) is -3.99. The maximum atomic E-state index is 12.6. The first-order valence-electron chi connectivity index (χ1n) is 8.62. The predicted molar refractivity (Wildman–Crippen MR) is 98.9 cm³/mol. The van der Waals surface area contributed by atoms with Crippen LogP contribution in [0.2, 0.25) is 0 Å². The van der Waals surface area contributed by atoms with Crippen LogP contribution in [0.5, 0.6) is 17.2 Å². The molecule has 0 bridgehead atoms. The highest BCUT2D eigenvalue weighted by Gasteiger charge is 2.58. The van der Waals surface area contributed by atoms with Gasteiger partial charge in [-0.1, -0.05) is 6.08 Å². The summed E-state index contributed by atoms with van der Waals surface area (Å²) in [5.41, 5.74) is -2.31. The number of aliphatic hydroxyl groups excluding tert-OH is 3. The molecule has 1 saturated carbocycles. The third-order valence-electron chi connectivity index (χ3n) is 4.92. The normalized spacial score (nSPS) is 29.5. The van der Waals surface area contributed by atoms with Crippen molar-refractivity contribution < 1.29 is 49.3 Å². The second kappa shape index (κ2) is 8.78. The number of ketones is 1. The molecule has 5 atom stereocenters. The molecular weight excluding hydrogens is 388 g/mol. The summed E-state index contributed by atoms with van der Waals surface area (Å²) in [5, 5.41) is 49.4. The molecule has 0 spiro atoms. The molecule has 0 aliphatic heterocycles.